The Balaban J connectivity index is 2.55. The van der Waals surface area contributed by atoms with Gasteiger partial charge in [-0.3, -0.25) is 0 Å². The highest BCUT2D eigenvalue weighted by Gasteiger charge is 2.08. The highest BCUT2D eigenvalue weighted by molar-refractivity contribution is 7.80. The van der Waals surface area contributed by atoms with E-state index in [2.05, 4.69) is 10.6 Å². The highest BCUT2D eigenvalue weighted by atomic mass is 32.1. The Morgan fingerprint density at radius 1 is 1.50 bits per heavy atom. The number of benzene rings is 1. The van der Waals surface area contributed by atoms with Crippen molar-refractivity contribution in [3.63, 3.8) is 0 Å². The van der Waals surface area contributed by atoms with E-state index < -0.39 is 0 Å². The van der Waals surface area contributed by atoms with Crippen LogP contribution in [0.1, 0.15) is 12.5 Å². The molecule has 1 aromatic carbocycles. The Labute approximate surface area is 100 Å². The normalized spacial score (nSPS) is 11.6. The fourth-order valence-corrected chi connectivity index (χ4v) is 1.22. The van der Waals surface area contributed by atoms with Crippen LogP contribution < -0.4 is 16.4 Å². The van der Waals surface area contributed by atoms with Crippen LogP contribution in [0, 0.1) is 6.92 Å². The highest BCUT2D eigenvalue weighted by Crippen LogP contribution is 2.08. The minimum absolute atomic E-state index is 0.263. The van der Waals surface area contributed by atoms with Crippen LogP contribution in [-0.4, -0.2) is 17.1 Å². The van der Waals surface area contributed by atoms with Crippen molar-refractivity contribution in [2.75, 3.05) is 5.32 Å². The second-order valence-corrected chi connectivity index (χ2v) is 4.06. The van der Waals surface area contributed by atoms with E-state index in [9.17, 15) is 4.79 Å². The quantitative estimate of drug-likeness (QED) is 0.702. The molecule has 0 aliphatic rings. The molecule has 0 saturated carbocycles. The molecule has 0 fully saturated rings. The fraction of sp³-hybridized carbons (Fsp3) is 0.273. The SMILES string of the molecule is Cc1cccc(NC(=O)NC(C)C(N)=S)c1. The number of carbonyl (C=O) groups is 1. The average molecular weight is 237 g/mol. The van der Waals surface area contributed by atoms with Gasteiger partial charge in [-0.2, -0.15) is 0 Å². The van der Waals surface area contributed by atoms with Gasteiger partial charge in [0.1, 0.15) is 0 Å². The number of nitrogens with one attached hydrogen (secondary N) is 2. The fourth-order valence-electron chi connectivity index (χ4n) is 1.16. The van der Waals surface area contributed by atoms with Gasteiger partial charge in [-0.25, -0.2) is 4.79 Å². The van der Waals surface area contributed by atoms with E-state index >= 15 is 0 Å². The molecule has 4 N–H and O–H groups in total. The largest absolute Gasteiger partial charge is 0.392 e. The molecule has 0 aliphatic heterocycles. The van der Waals surface area contributed by atoms with Gasteiger partial charge in [0.05, 0.1) is 11.0 Å². The first kappa shape index (κ1) is 12.4. The third kappa shape index (κ3) is 3.86. The first-order valence-corrected chi connectivity index (χ1v) is 5.33. The summed E-state index contributed by atoms with van der Waals surface area (Å²) in [7, 11) is 0. The summed E-state index contributed by atoms with van der Waals surface area (Å²) in [6, 6.07) is 6.90. The smallest absolute Gasteiger partial charge is 0.319 e. The molecule has 1 aromatic rings. The lowest BCUT2D eigenvalue weighted by atomic mass is 10.2. The predicted molar refractivity (Wildman–Crippen MR) is 69.6 cm³/mol. The molecule has 0 aromatic heterocycles. The second kappa shape index (κ2) is 5.46. The summed E-state index contributed by atoms with van der Waals surface area (Å²) in [5.74, 6) is 0. The number of hydrogen-bond donors (Lipinski definition) is 3. The number of carbonyl (C=O) groups excluding carboxylic acids is 1. The lowest BCUT2D eigenvalue weighted by molar-refractivity contribution is 0.251. The molecule has 0 radical (unpaired) electrons. The minimum Gasteiger partial charge on any atom is -0.392 e. The molecule has 2 amide bonds. The topological polar surface area (TPSA) is 67.2 Å². The van der Waals surface area contributed by atoms with Crippen LogP contribution in [-0.2, 0) is 0 Å². The molecular formula is C11H15N3OS. The van der Waals surface area contributed by atoms with Crippen molar-refractivity contribution in [2.45, 2.75) is 19.9 Å². The number of thiocarbonyl (C=S) groups is 1. The third-order valence-corrected chi connectivity index (χ3v) is 2.40. The van der Waals surface area contributed by atoms with Gasteiger partial charge in [-0.15, -0.1) is 0 Å². The summed E-state index contributed by atoms with van der Waals surface area (Å²) in [6.07, 6.45) is 0. The summed E-state index contributed by atoms with van der Waals surface area (Å²) >= 11 is 4.76. The van der Waals surface area contributed by atoms with Gasteiger partial charge < -0.3 is 16.4 Å². The molecule has 1 unspecified atom stereocenters. The molecule has 16 heavy (non-hydrogen) atoms. The molecule has 5 heteroatoms. The molecule has 0 saturated heterocycles. The standard InChI is InChI=1S/C11H15N3OS/c1-7-4-3-5-9(6-7)14-11(15)13-8(2)10(12)16/h3-6,8H,1-2H3,(H2,12,16)(H2,13,14,15). The van der Waals surface area contributed by atoms with E-state index in [1.165, 1.54) is 0 Å². The molecule has 0 aliphatic carbocycles. The molecule has 1 rings (SSSR count). The van der Waals surface area contributed by atoms with Crippen LogP contribution in [0.4, 0.5) is 10.5 Å². The Hall–Kier alpha value is -1.62. The van der Waals surface area contributed by atoms with E-state index in [1.807, 2.05) is 31.2 Å². The van der Waals surface area contributed by atoms with Crippen LogP contribution >= 0.6 is 12.2 Å². The number of anilines is 1. The summed E-state index contributed by atoms with van der Waals surface area (Å²) < 4.78 is 0. The van der Waals surface area contributed by atoms with Gasteiger partial charge in [0.15, 0.2) is 0 Å². The molecule has 0 heterocycles. The summed E-state index contributed by atoms with van der Waals surface area (Å²) in [6.45, 7) is 3.69. The number of amides is 2. The third-order valence-electron chi connectivity index (χ3n) is 2.05. The van der Waals surface area contributed by atoms with E-state index in [-0.39, 0.29) is 17.1 Å². The molecule has 4 nitrogen and oxygen atoms in total. The molecule has 1 atom stereocenters. The number of hydrogen-bond acceptors (Lipinski definition) is 2. The number of nitrogens with two attached hydrogens (primary N) is 1. The van der Waals surface area contributed by atoms with Gasteiger partial charge in [0.25, 0.3) is 0 Å². The number of aryl methyl sites for hydroxylation is 1. The molecule has 0 bridgehead atoms. The number of urea groups is 1. The van der Waals surface area contributed by atoms with Gasteiger partial charge in [0.2, 0.25) is 0 Å². The van der Waals surface area contributed by atoms with Crippen LogP contribution in [0.25, 0.3) is 0 Å². The van der Waals surface area contributed by atoms with Gasteiger partial charge in [-0.05, 0) is 31.5 Å². The Kier molecular flexibility index (Phi) is 4.25. The van der Waals surface area contributed by atoms with Crippen molar-refractivity contribution in [2.24, 2.45) is 5.73 Å². The van der Waals surface area contributed by atoms with Crippen molar-refractivity contribution in [3.05, 3.63) is 29.8 Å². The van der Waals surface area contributed by atoms with Crippen molar-refractivity contribution in [1.29, 1.82) is 0 Å². The van der Waals surface area contributed by atoms with Crippen molar-refractivity contribution in [1.82, 2.24) is 5.32 Å². The summed E-state index contributed by atoms with van der Waals surface area (Å²) in [4.78, 5) is 11.8. The molecular weight excluding hydrogens is 222 g/mol. The average Bonchev–Trinajstić information content (AvgIpc) is 2.16. The van der Waals surface area contributed by atoms with Crippen molar-refractivity contribution >= 4 is 28.9 Å². The Bertz CT molecular complexity index is 406. The van der Waals surface area contributed by atoms with Gasteiger partial charge in [-0.1, -0.05) is 24.4 Å². The Morgan fingerprint density at radius 3 is 2.75 bits per heavy atom. The van der Waals surface area contributed by atoms with E-state index in [4.69, 9.17) is 18.0 Å². The van der Waals surface area contributed by atoms with Crippen LogP contribution in [0.3, 0.4) is 0 Å². The monoisotopic (exact) mass is 237 g/mol. The number of rotatable bonds is 3. The molecule has 86 valence electrons. The lowest BCUT2D eigenvalue weighted by Crippen LogP contribution is -2.43. The van der Waals surface area contributed by atoms with Crippen molar-refractivity contribution < 1.29 is 4.79 Å². The maximum Gasteiger partial charge on any atom is 0.319 e. The van der Waals surface area contributed by atoms with Gasteiger partial charge in [0, 0.05) is 5.69 Å². The van der Waals surface area contributed by atoms with Crippen LogP contribution in [0.5, 0.6) is 0 Å². The summed E-state index contributed by atoms with van der Waals surface area (Å²) in [5.41, 5.74) is 7.22. The zero-order chi connectivity index (χ0) is 12.1. The van der Waals surface area contributed by atoms with Crippen molar-refractivity contribution in [3.8, 4) is 0 Å². The van der Waals surface area contributed by atoms with E-state index in [0.717, 1.165) is 11.3 Å². The zero-order valence-corrected chi connectivity index (χ0v) is 10.1. The van der Waals surface area contributed by atoms with Crippen LogP contribution in [0.15, 0.2) is 24.3 Å². The maximum absolute atomic E-state index is 11.5. The maximum atomic E-state index is 11.5. The summed E-state index contributed by atoms with van der Waals surface area (Å²) in [5, 5.41) is 5.33. The first-order valence-electron chi connectivity index (χ1n) is 4.92. The first-order chi connectivity index (χ1) is 7.49. The predicted octanol–water partition coefficient (Wildman–Crippen LogP) is 1.79. The Morgan fingerprint density at radius 2 is 2.19 bits per heavy atom. The lowest BCUT2D eigenvalue weighted by Gasteiger charge is -2.13. The van der Waals surface area contributed by atoms with E-state index in [1.54, 1.807) is 6.92 Å². The van der Waals surface area contributed by atoms with E-state index in [0.29, 0.717) is 0 Å². The second-order valence-electron chi connectivity index (χ2n) is 3.59. The van der Waals surface area contributed by atoms with Crippen LogP contribution in [0.2, 0.25) is 0 Å². The minimum atomic E-state index is -0.320. The van der Waals surface area contributed by atoms with Gasteiger partial charge >= 0.3 is 6.03 Å². The zero-order valence-electron chi connectivity index (χ0n) is 9.28. The molecule has 0 spiro atoms.